The fourth-order valence-electron chi connectivity index (χ4n) is 6.87. The molecule has 5 heterocycles. The van der Waals surface area contributed by atoms with E-state index in [1.807, 2.05) is 16.7 Å². The zero-order chi connectivity index (χ0) is 34.5. The predicted octanol–water partition coefficient (Wildman–Crippen LogP) is 6.33. The summed E-state index contributed by atoms with van der Waals surface area (Å²) in [7, 11) is 0. The van der Waals surface area contributed by atoms with Crippen LogP contribution in [-0.4, -0.2) is 55.6 Å². The first-order valence-electron chi connectivity index (χ1n) is 16.0. The molecule has 7 rings (SSSR count). The molecule has 14 heteroatoms. The van der Waals surface area contributed by atoms with Crippen molar-refractivity contribution in [1.29, 1.82) is 5.26 Å². The molecule has 1 saturated heterocycles. The molecular formula is C35H34F3N9OS. The van der Waals surface area contributed by atoms with Gasteiger partial charge in [0.05, 0.1) is 23.4 Å². The van der Waals surface area contributed by atoms with Gasteiger partial charge in [-0.2, -0.15) is 18.4 Å². The minimum Gasteiger partial charge on any atom is -0.367 e. The number of aryl methyl sites for hydroxylation is 1. The number of benzene rings is 1. The lowest BCUT2D eigenvalue weighted by molar-refractivity contribution is -0.126. The molecule has 4 N–H and O–H groups in total. The Morgan fingerprint density at radius 3 is 2.67 bits per heavy atom. The number of piperidine rings is 1. The number of nitrogens with two attached hydrogens (primary N) is 1. The van der Waals surface area contributed by atoms with E-state index in [4.69, 9.17) is 5.73 Å². The molecule has 2 fully saturated rings. The molecule has 5 aromatic rings. The van der Waals surface area contributed by atoms with Crippen molar-refractivity contribution in [3.05, 3.63) is 88.8 Å². The number of fused-ring (bicyclic) bond motifs is 2. The summed E-state index contributed by atoms with van der Waals surface area (Å²) in [6.45, 7) is 8.00. The van der Waals surface area contributed by atoms with E-state index in [1.54, 1.807) is 18.3 Å². The van der Waals surface area contributed by atoms with Gasteiger partial charge in [-0.1, -0.05) is 18.7 Å². The van der Waals surface area contributed by atoms with E-state index in [9.17, 15) is 23.2 Å². The molecule has 0 bridgehead atoms. The third kappa shape index (κ3) is 6.49. The van der Waals surface area contributed by atoms with Crippen LogP contribution in [0.5, 0.6) is 0 Å². The predicted molar refractivity (Wildman–Crippen MR) is 183 cm³/mol. The summed E-state index contributed by atoms with van der Waals surface area (Å²) in [5.41, 5.74) is 10.8. The summed E-state index contributed by atoms with van der Waals surface area (Å²) in [4.78, 5) is 27.7. The van der Waals surface area contributed by atoms with Gasteiger partial charge in [0, 0.05) is 47.7 Å². The number of hydrogen-bond donors (Lipinski definition) is 3. The van der Waals surface area contributed by atoms with E-state index in [1.165, 1.54) is 18.0 Å². The first kappa shape index (κ1) is 32.7. The second-order valence-electron chi connectivity index (χ2n) is 12.8. The van der Waals surface area contributed by atoms with Crippen LogP contribution in [0.2, 0.25) is 0 Å². The lowest BCUT2D eigenvalue weighted by atomic mass is 10.0. The number of halogens is 3. The number of aromatic nitrogens is 4. The van der Waals surface area contributed by atoms with Crippen molar-refractivity contribution >= 4 is 50.0 Å². The summed E-state index contributed by atoms with van der Waals surface area (Å²) in [5, 5.41) is 17.9. The summed E-state index contributed by atoms with van der Waals surface area (Å²) in [6.07, 6.45) is 1.38. The highest BCUT2D eigenvalue weighted by atomic mass is 32.1. The van der Waals surface area contributed by atoms with Crippen molar-refractivity contribution in [3.8, 4) is 6.07 Å². The Kier molecular flexibility index (Phi) is 8.38. The number of carbonyl (C=O) groups excluding carboxylic acids is 1. The summed E-state index contributed by atoms with van der Waals surface area (Å²) >= 11 is 1.05. The molecule has 2 unspecified atom stereocenters. The van der Waals surface area contributed by atoms with Crippen molar-refractivity contribution in [2.24, 2.45) is 5.73 Å². The van der Waals surface area contributed by atoms with Gasteiger partial charge >= 0.3 is 6.18 Å². The van der Waals surface area contributed by atoms with Crippen molar-refractivity contribution in [2.45, 2.75) is 63.0 Å². The standard InChI is InChI=1S/C35H34F3N9OS/c1-3-31(48)45-30-7-5-22(17-41-30)34(40)15-29(34)47-24(16-39)12-26-20(2)21(4-6-28(26)47)18-46-10-8-23(9-11-46)44-32-27-13-25(14-35(36,37)38)49-33(27)43-19-42-32/h3-7,12-13,17,19,23,29H,1,8-11,14-15,18,40H2,2H3,(H,41,45,48)(H,42,43,44). The van der Waals surface area contributed by atoms with Gasteiger partial charge in [0.25, 0.3) is 0 Å². The molecule has 1 amide bonds. The van der Waals surface area contributed by atoms with Gasteiger partial charge in [0.1, 0.15) is 34.6 Å². The highest BCUT2D eigenvalue weighted by Gasteiger charge is 2.55. The second kappa shape index (κ2) is 12.6. The van der Waals surface area contributed by atoms with Gasteiger partial charge in [-0.05, 0) is 73.2 Å². The zero-order valence-electron chi connectivity index (χ0n) is 26.7. The fraction of sp³-hybridized carbons (Fsp3) is 0.343. The lowest BCUT2D eigenvalue weighted by Crippen LogP contribution is -2.39. The van der Waals surface area contributed by atoms with Gasteiger partial charge in [0.2, 0.25) is 5.91 Å². The minimum absolute atomic E-state index is 0.117. The van der Waals surface area contributed by atoms with E-state index in [-0.39, 0.29) is 22.9 Å². The number of likely N-dealkylation sites (tertiary alicyclic amines) is 1. The summed E-state index contributed by atoms with van der Waals surface area (Å²) in [6, 6.07) is 13.7. The highest BCUT2D eigenvalue weighted by Crippen LogP contribution is 2.55. The maximum absolute atomic E-state index is 13.0. The van der Waals surface area contributed by atoms with Crippen LogP contribution in [0.25, 0.3) is 21.1 Å². The van der Waals surface area contributed by atoms with E-state index < -0.39 is 18.1 Å². The molecule has 49 heavy (non-hydrogen) atoms. The number of amides is 1. The number of anilines is 2. The van der Waals surface area contributed by atoms with Crippen LogP contribution < -0.4 is 16.4 Å². The Hall–Kier alpha value is -4.84. The Morgan fingerprint density at radius 2 is 1.98 bits per heavy atom. The van der Waals surface area contributed by atoms with Crippen molar-refractivity contribution in [3.63, 3.8) is 0 Å². The molecule has 10 nitrogen and oxygen atoms in total. The number of alkyl halides is 3. The molecule has 0 radical (unpaired) electrons. The average molecular weight is 686 g/mol. The molecule has 252 valence electrons. The quantitative estimate of drug-likeness (QED) is 0.153. The van der Waals surface area contributed by atoms with Crippen LogP contribution >= 0.6 is 11.3 Å². The SMILES string of the molecule is C=CC(=O)Nc1ccc(C2(N)CC2n2c(C#N)cc3c(C)c(CN4CCC(Nc5ncnc6sc(CC(F)(F)F)cc56)CC4)ccc32)cn1. The number of nitrogens with zero attached hydrogens (tertiary/aromatic N) is 6. The topological polar surface area (TPSA) is 138 Å². The molecule has 2 atom stereocenters. The maximum atomic E-state index is 13.0. The summed E-state index contributed by atoms with van der Waals surface area (Å²) in [5.74, 6) is 0.647. The number of hydrogen-bond acceptors (Lipinski definition) is 9. The largest absolute Gasteiger partial charge is 0.393 e. The zero-order valence-corrected chi connectivity index (χ0v) is 27.5. The Bertz CT molecular complexity index is 2110. The number of pyridine rings is 1. The third-order valence-corrected chi connectivity index (χ3v) is 10.7. The number of nitrogens with one attached hydrogen (secondary N) is 2. The number of nitriles is 1. The summed E-state index contributed by atoms with van der Waals surface area (Å²) < 4.78 is 40.9. The smallest absolute Gasteiger partial charge is 0.367 e. The van der Waals surface area contributed by atoms with E-state index >= 15 is 0 Å². The molecule has 0 spiro atoms. The molecule has 1 aromatic carbocycles. The molecule has 4 aromatic heterocycles. The first-order valence-corrected chi connectivity index (χ1v) is 16.8. The van der Waals surface area contributed by atoms with E-state index in [0.29, 0.717) is 34.0 Å². The van der Waals surface area contributed by atoms with Crippen LogP contribution in [0.3, 0.4) is 0 Å². The number of rotatable bonds is 9. The Labute approximate surface area is 284 Å². The van der Waals surface area contributed by atoms with Crippen molar-refractivity contribution < 1.29 is 18.0 Å². The normalized spacial score (nSPS) is 20.0. The van der Waals surface area contributed by atoms with E-state index in [2.05, 4.69) is 62.2 Å². The van der Waals surface area contributed by atoms with E-state index in [0.717, 1.165) is 65.8 Å². The third-order valence-electron chi connectivity index (χ3n) is 9.61. The monoisotopic (exact) mass is 685 g/mol. The molecule has 1 aliphatic heterocycles. The van der Waals surface area contributed by atoms with Crippen molar-refractivity contribution in [2.75, 3.05) is 23.7 Å². The van der Waals surface area contributed by atoms with Crippen molar-refractivity contribution in [1.82, 2.24) is 24.4 Å². The number of thiophene rings is 1. The first-order chi connectivity index (χ1) is 23.5. The molecule has 2 aliphatic rings. The van der Waals surface area contributed by atoms with Crippen LogP contribution in [0.1, 0.15) is 52.6 Å². The van der Waals surface area contributed by atoms with Gasteiger partial charge < -0.3 is 20.9 Å². The van der Waals surface area contributed by atoms with Gasteiger partial charge in [0.15, 0.2) is 0 Å². The van der Waals surface area contributed by atoms with Gasteiger partial charge in [-0.3, -0.25) is 9.69 Å². The van der Waals surface area contributed by atoms with Crippen LogP contribution in [0, 0.1) is 18.3 Å². The molecular weight excluding hydrogens is 652 g/mol. The highest BCUT2D eigenvalue weighted by molar-refractivity contribution is 7.18. The number of carbonyl (C=O) groups is 1. The molecule has 1 saturated carbocycles. The van der Waals surface area contributed by atoms with Crippen LogP contribution in [-0.2, 0) is 23.3 Å². The minimum atomic E-state index is -4.27. The lowest BCUT2D eigenvalue weighted by Gasteiger charge is -2.33. The van der Waals surface area contributed by atoms with Gasteiger partial charge in [-0.25, -0.2) is 15.0 Å². The molecule has 1 aliphatic carbocycles. The maximum Gasteiger partial charge on any atom is 0.393 e. The van der Waals surface area contributed by atoms with Crippen LogP contribution in [0.15, 0.2) is 61.6 Å². The average Bonchev–Trinajstić information content (AvgIpc) is 3.38. The second-order valence-corrected chi connectivity index (χ2v) is 13.9. The Balaban J connectivity index is 1.02. The fourth-order valence-corrected chi connectivity index (χ4v) is 7.90. The Morgan fingerprint density at radius 1 is 1.18 bits per heavy atom. The van der Waals surface area contributed by atoms with Crippen LogP contribution in [0.4, 0.5) is 24.8 Å². The van der Waals surface area contributed by atoms with Gasteiger partial charge in [-0.15, -0.1) is 11.3 Å².